The number of amides is 1. The third-order valence-electron chi connectivity index (χ3n) is 5.62. The van der Waals surface area contributed by atoms with Crippen LogP contribution in [0.5, 0.6) is 0 Å². The number of carbonyl (C=O) groups is 1. The summed E-state index contributed by atoms with van der Waals surface area (Å²) in [6.45, 7) is 1.06. The number of fused-ring (bicyclic) bond motifs is 2. The van der Waals surface area contributed by atoms with Gasteiger partial charge in [0.25, 0.3) is 5.91 Å². The Morgan fingerprint density at radius 2 is 1.66 bits per heavy atom. The van der Waals surface area contributed by atoms with Gasteiger partial charge in [-0.15, -0.1) is 12.4 Å². The predicted molar refractivity (Wildman–Crippen MR) is 144 cm³/mol. The normalized spacial score (nSPS) is 11.1. The van der Waals surface area contributed by atoms with Gasteiger partial charge in [0.05, 0.1) is 21.5 Å². The average molecular weight is 507 g/mol. The van der Waals surface area contributed by atoms with Gasteiger partial charge in [-0.25, -0.2) is 14.4 Å². The lowest BCUT2D eigenvalue weighted by molar-refractivity contribution is 0.0986. The number of nitrogens with zero attached hydrogens (tertiary/aromatic N) is 4. The number of carbonyl (C=O) groups excluding carboxylic acids is 1. The lowest BCUT2D eigenvalue weighted by atomic mass is 10.0. The van der Waals surface area contributed by atoms with Crippen LogP contribution in [-0.2, 0) is 0 Å². The van der Waals surface area contributed by atoms with Gasteiger partial charge in [-0.05, 0) is 38.4 Å². The molecule has 0 N–H and O–H groups in total. The van der Waals surface area contributed by atoms with E-state index in [-0.39, 0.29) is 29.6 Å². The molecule has 0 unspecified atom stereocenters. The Bertz CT molecular complexity index is 1490. The summed E-state index contributed by atoms with van der Waals surface area (Å²) in [5, 5.41) is 1.25. The molecule has 1 amide bonds. The van der Waals surface area contributed by atoms with Crippen LogP contribution in [0.3, 0.4) is 0 Å². The third-order valence-corrected chi connectivity index (χ3v) is 6.67. The van der Waals surface area contributed by atoms with Crippen LogP contribution in [0.4, 0.5) is 9.52 Å². The van der Waals surface area contributed by atoms with Gasteiger partial charge in [-0.2, -0.15) is 0 Å². The Labute approximate surface area is 213 Å². The molecule has 0 aliphatic carbocycles. The molecule has 5 nitrogen and oxygen atoms in total. The molecule has 5 aromatic rings. The lowest BCUT2D eigenvalue weighted by Gasteiger charge is -2.23. The maximum atomic E-state index is 14.4. The molecule has 35 heavy (non-hydrogen) atoms. The van der Waals surface area contributed by atoms with Crippen LogP contribution in [0, 0.1) is 5.82 Å². The molecule has 0 bridgehead atoms. The Morgan fingerprint density at radius 1 is 0.914 bits per heavy atom. The molecule has 0 atom stereocenters. The van der Waals surface area contributed by atoms with Gasteiger partial charge in [-0.1, -0.05) is 65.9 Å². The zero-order valence-corrected chi connectivity index (χ0v) is 20.9. The minimum absolute atomic E-state index is 0. The van der Waals surface area contributed by atoms with Crippen molar-refractivity contribution in [2.24, 2.45) is 0 Å². The van der Waals surface area contributed by atoms with Crippen LogP contribution in [0.15, 0.2) is 78.9 Å². The third kappa shape index (κ3) is 5.03. The number of halogens is 2. The van der Waals surface area contributed by atoms with Crippen LogP contribution in [0.25, 0.3) is 32.4 Å². The van der Waals surface area contributed by atoms with Crippen molar-refractivity contribution < 1.29 is 9.18 Å². The summed E-state index contributed by atoms with van der Waals surface area (Å²) in [6, 6.07) is 24.2. The molecular weight excluding hydrogens is 483 g/mol. The van der Waals surface area contributed by atoms with Crippen molar-refractivity contribution in [2.45, 2.75) is 0 Å². The molecule has 178 valence electrons. The molecule has 0 saturated carbocycles. The van der Waals surface area contributed by atoms with Gasteiger partial charge >= 0.3 is 0 Å². The van der Waals surface area contributed by atoms with E-state index in [1.807, 2.05) is 85.7 Å². The standard InChI is InChI=1S/C27H23FN4OS.ClH/c1-31(2)15-16-32(27-30-25-21(28)12-8-14-24(25)34-27)26(33)20-17-23(18-9-4-3-5-10-18)29-22-13-7-6-11-19(20)22;/h3-14,17H,15-16H2,1-2H3;1H. The van der Waals surface area contributed by atoms with E-state index in [4.69, 9.17) is 4.98 Å². The van der Waals surface area contributed by atoms with Crippen molar-refractivity contribution >= 4 is 55.9 Å². The van der Waals surface area contributed by atoms with Crippen molar-refractivity contribution in [3.8, 4) is 11.3 Å². The van der Waals surface area contributed by atoms with E-state index in [2.05, 4.69) is 4.98 Å². The van der Waals surface area contributed by atoms with Crippen LogP contribution >= 0.6 is 23.7 Å². The van der Waals surface area contributed by atoms with E-state index in [1.165, 1.54) is 17.4 Å². The highest BCUT2D eigenvalue weighted by Crippen LogP contribution is 2.33. The second-order valence-corrected chi connectivity index (χ2v) is 9.29. The highest BCUT2D eigenvalue weighted by atomic mass is 35.5. The largest absolute Gasteiger partial charge is 0.308 e. The second kappa shape index (κ2) is 10.5. The van der Waals surface area contributed by atoms with Crippen molar-refractivity contribution in [2.75, 3.05) is 32.1 Å². The maximum absolute atomic E-state index is 14.4. The number of benzene rings is 3. The molecule has 2 aromatic heterocycles. The fraction of sp³-hybridized carbons (Fsp3) is 0.148. The second-order valence-electron chi connectivity index (χ2n) is 8.28. The number of anilines is 1. The van der Waals surface area contributed by atoms with Gasteiger partial charge in [0.15, 0.2) is 5.13 Å². The molecule has 8 heteroatoms. The topological polar surface area (TPSA) is 49.3 Å². The summed E-state index contributed by atoms with van der Waals surface area (Å²) in [5.41, 5.74) is 3.24. The highest BCUT2D eigenvalue weighted by Gasteiger charge is 2.24. The Hall–Kier alpha value is -3.39. The zero-order valence-electron chi connectivity index (χ0n) is 19.3. The molecule has 0 radical (unpaired) electrons. The van der Waals surface area contributed by atoms with E-state index < -0.39 is 0 Å². The first-order valence-corrected chi connectivity index (χ1v) is 11.8. The van der Waals surface area contributed by atoms with E-state index in [0.717, 1.165) is 22.2 Å². The molecule has 0 aliphatic rings. The summed E-state index contributed by atoms with van der Waals surface area (Å²) in [4.78, 5) is 27.0. The van der Waals surface area contributed by atoms with Gasteiger partial charge in [0, 0.05) is 24.0 Å². The molecule has 0 saturated heterocycles. The Kier molecular flexibility index (Phi) is 7.40. The van der Waals surface area contributed by atoms with Gasteiger partial charge in [0.1, 0.15) is 11.3 Å². The minimum atomic E-state index is -0.388. The van der Waals surface area contributed by atoms with Gasteiger partial charge in [0.2, 0.25) is 0 Å². The quantitative estimate of drug-likeness (QED) is 0.272. The maximum Gasteiger partial charge on any atom is 0.260 e. The van der Waals surface area contributed by atoms with E-state index in [1.54, 1.807) is 11.0 Å². The van der Waals surface area contributed by atoms with Crippen LogP contribution in [-0.4, -0.2) is 48.0 Å². The number of hydrogen-bond acceptors (Lipinski definition) is 5. The van der Waals surface area contributed by atoms with E-state index >= 15 is 0 Å². The fourth-order valence-corrected chi connectivity index (χ4v) is 4.86. The van der Waals surface area contributed by atoms with Crippen LogP contribution < -0.4 is 4.90 Å². The predicted octanol–water partition coefficient (Wildman–Crippen LogP) is 6.28. The highest BCUT2D eigenvalue weighted by molar-refractivity contribution is 7.22. The molecule has 0 fully saturated rings. The number of thiazole rings is 1. The van der Waals surface area contributed by atoms with Gasteiger partial charge < -0.3 is 4.90 Å². The number of para-hydroxylation sites is 2. The zero-order chi connectivity index (χ0) is 23.7. The average Bonchev–Trinajstić information content (AvgIpc) is 3.29. The van der Waals surface area contributed by atoms with Crippen molar-refractivity contribution in [3.05, 3.63) is 90.2 Å². The summed E-state index contributed by atoms with van der Waals surface area (Å²) < 4.78 is 15.1. The molecule has 2 heterocycles. The van der Waals surface area contributed by atoms with Gasteiger partial charge in [-0.3, -0.25) is 9.69 Å². The first-order valence-electron chi connectivity index (χ1n) is 11.0. The van der Waals surface area contributed by atoms with Crippen LogP contribution in [0.1, 0.15) is 10.4 Å². The lowest BCUT2D eigenvalue weighted by Crippen LogP contribution is -2.37. The summed E-state index contributed by atoms with van der Waals surface area (Å²) in [6.07, 6.45) is 0. The first-order chi connectivity index (χ1) is 16.5. The Morgan fingerprint density at radius 3 is 2.40 bits per heavy atom. The molecule has 5 rings (SSSR count). The van der Waals surface area contributed by atoms with E-state index in [0.29, 0.717) is 28.5 Å². The smallest absolute Gasteiger partial charge is 0.260 e. The molecule has 0 spiro atoms. The number of rotatable bonds is 6. The fourth-order valence-electron chi connectivity index (χ4n) is 3.86. The van der Waals surface area contributed by atoms with Crippen molar-refractivity contribution in [1.29, 1.82) is 0 Å². The van der Waals surface area contributed by atoms with Crippen LogP contribution in [0.2, 0.25) is 0 Å². The van der Waals surface area contributed by atoms with E-state index in [9.17, 15) is 9.18 Å². The monoisotopic (exact) mass is 506 g/mol. The first kappa shape index (κ1) is 24.7. The summed E-state index contributed by atoms with van der Waals surface area (Å²) in [7, 11) is 3.91. The molecule has 0 aliphatic heterocycles. The minimum Gasteiger partial charge on any atom is -0.308 e. The molecular formula is C27H24ClFN4OS. The van der Waals surface area contributed by atoms with Crippen molar-refractivity contribution in [1.82, 2.24) is 14.9 Å². The Balaban J connectivity index is 0.00000289. The summed E-state index contributed by atoms with van der Waals surface area (Å²) >= 11 is 1.32. The SMILES string of the molecule is CN(C)CCN(C(=O)c1cc(-c2ccccc2)nc2ccccc12)c1nc2c(F)cccc2s1.Cl. The number of aromatic nitrogens is 2. The number of pyridine rings is 1. The molecule has 3 aromatic carbocycles. The number of hydrogen-bond donors (Lipinski definition) is 0. The number of likely N-dealkylation sites (N-methyl/N-ethyl adjacent to an activating group) is 1. The van der Waals surface area contributed by atoms with Crippen molar-refractivity contribution in [3.63, 3.8) is 0 Å². The summed E-state index contributed by atoms with van der Waals surface area (Å²) in [5.74, 6) is -0.571.